The second-order valence-corrected chi connectivity index (χ2v) is 16.7. The Bertz CT molecular complexity index is 1910. The van der Waals surface area contributed by atoms with Crippen LogP contribution in [0.3, 0.4) is 0 Å². The van der Waals surface area contributed by atoms with E-state index in [0.717, 1.165) is 49.4 Å². The van der Waals surface area contributed by atoms with Gasteiger partial charge in [0, 0.05) is 42.4 Å². The molecule has 6 atom stereocenters. The van der Waals surface area contributed by atoms with Crippen molar-refractivity contribution >= 4 is 45.0 Å². The third-order valence-electron chi connectivity index (χ3n) is 10.7. The predicted molar refractivity (Wildman–Crippen MR) is 196 cm³/mol. The van der Waals surface area contributed by atoms with Crippen molar-refractivity contribution < 1.29 is 23.3 Å². The van der Waals surface area contributed by atoms with Gasteiger partial charge in [-0.15, -0.1) is 4.36 Å². The molecule has 2 aromatic carbocycles. The number of nitrogens with one attached hydrogen (secondary N) is 2. The summed E-state index contributed by atoms with van der Waals surface area (Å²) in [4.78, 5) is 33.5. The highest BCUT2D eigenvalue weighted by atomic mass is 35.5. The molecule has 2 aliphatic carbocycles. The number of benzene rings is 2. The minimum atomic E-state index is -3.55. The maximum atomic E-state index is 14.4. The van der Waals surface area contributed by atoms with Crippen molar-refractivity contribution in [2.24, 2.45) is 22.1 Å². The summed E-state index contributed by atoms with van der Waals surface area (Å²) in [6.45, 7) is 3.92. The molecule has 7 rings (SSSR count). The monoisotopic (exact) mass is 717 g/mol. The number of urea groups is 1. The molecule has 1 unspecified atom stereocenters. The summed E-state index contributed by atoms with van der Waals surface area (Å²) < 4.78 is 33.8. The fourth-order valence-corrected chi connectivity index (χ4v) is 10.1. The molecular weight excluding hydrogens is 674 g/mol. The molecule has 0 saturated heterocycles. The van der Waals surface area contributed by atoms with Crippen molar-refractivity contribution in [1.29, 1.82) is 0 Å². The van der Waals surface area contributed by atoms with Crippen molar-refractivity contribution in [3.63, 3.8) is 0 Å². The SMILES string of the molecule is CO[C@H]1/C=C\C[C@H](C)CS(=O)(NC(=O)Nc2ccccn2)=NC(=O)c2ccc3c(c2)N(C[C@@H]2CC[C@H]21)C[C@@]1(CCCc2cc(Cl)ccc21)CO3. The van der Waals surface area contributed by atoms with Gasteiger partial charge in [0.1, 0.15) is 21.5 Å². The lowest BCUT2D eigenvalue weighted by Crippen LogP contribution is -2.49. The molecule has 1 fully saturated rings. The van der Waals surface area contributed by atoms with Crippen LogP contribution in [0.25, 0.3) is 0 Å². The van der Waals surface area contributed by atoms with E-state index in [9.17, 15) is 13.8 Å². The van der Waals surface area contributed by atoms with Gasteiger partial charge in [-0.1, -0.05) is 42.8 Å². The number of anilines is 2. The fraction of sp³-hybridized carbons (Fsp3) is 0.447. The second kappa shape index (κ2) is 14.4. The molecule has 264 valence electrons. The number of aromatic nitrogens is 1. The summed E-state index contributed by atoms with van der Waals surface area (Å²) in [5.74, 6) is 0.862. The summed E-state index contributed by atoms with van der Waals surface area (Å²) in [5.41, 5.74) is 3.36. The third kappa shape index (κ3) is 7.27. The van der Waals surface area contributed by atoms with Crippen LogP contribution in [0.2, 0.25) is 5.02 Å². The van der Waals surface area contributed by atoms with Crippen LogP contribution in [0.15, 0.2) is 77.3 Å². The molecular formula is C38H44ClN5O5S. The number of carbonyl (C=O) groups excluding carboxylic acids is 2. The van der Waals surface area contributed by atoms with Gasteiger partial charge in [0.15, 0.2) is 0 Å². The summed E-state index contributed by atoms with van der Waals surface area (Å²) in [6, 6.07) is 15.9. The molecule has 50 heavy (non-hydrogen) atoms. The van der Waals surface area contributed by atoms with E-state index < -0.39 is 21.9 Å². The first-order valence-electron chi connectivity index (χ1n) is 17.4. The standard InChI is InChI=1S/C38H44ClN5O5S/c1-25-7-5-9-33(48-2)30-14-11-28(30)21-44-23-38(17-6-8-26-19-29(39)13-15-31(26)38)24-49-34-16-12-27(20-32(34)44)36(45)42-50(47,22-25)43-37(46)41-35-10-3-4-18-40-35/h3-5,9-10,12-13,15-16,18-20,25,28,30,33H,6-8,11,14,17,21-24H2,1-2H3,(H2,40,41,42,43,45,46,47)/b9-5-/t25-,28-,30+,33-,38-,50?/m0/s1. The van der Waals surface area contributed by atoms with E-state index in [-0.39, 0.29) is 34.6 Å². The number of allylic oxidation sites excluding steroid dienone is 1. The lowest BCUT2D eigenvalue weighted by Gasteiger charge is -2.46. The van der Waals surface area contributed by atoms with Crippen molar-refractivity contribution in [2.45, 2.75) is 57.0 Å². The summed E-state index contributed by atoms with van der Waals surface area (Å²) in [5, 5.41) is 3.34. The van der Waals surface area contributed by atoms with Crippen LogP contribution in [0.4, 0.5) is 16.3 Å². The van der Waals surface area contributed by atoms with Crippen molar-refractivity contribution in [3.05, 3.63) is 94.7 Å². The Hall–Kier alpha value is -3.93. The summed E-state index contributed by atoms with van der Waals surface area (Å²) >= 11 is 6.45. The van der Waals surface area contributed by atoms with E-state index in [4.69, 9.17) is 21.1 Å². The third-order valence-corrected chi connectivity index (χ3v) is 12.9. The minimum absolute atomic E-state index is 0.0193. The summed E-state index contributed by atoms with van der Waals surface area (Å²) in [7, 11) is -1.79. The van der Waals surface area contributed by atoms with Crippen molar-refractivity contribution in [3.8, 4) is 5.75 Å². The van der Waals surface area contributed by atoms with Crippen LogP contribution in [-0.4, -0.2) is 59.8 Å². The molecule has 1 saturated carbocycles. The first-order chi connectivity index (χ1) is 24.1. The average molecular weight is 718 g/mol. The smallest absolute Gasteiger partial charge is 0.332 e. The number of fused-ring (bicyclic) bond motifs is 4. The van der Waals surface area contributed by atoms with Gasteiger partial charge in [-0.3, -0.25) is 10.1 Å². The number of hydrogen-bond donors (Lipinski definition) is 2. The maximum absolute atomic E-state index is 14.4. The van der Waals surface area contributed by atoms with Crippen LogP contribution in [0.1, 0.15) is 60.5 Å². The number of carbonyl (C=O) groups is 2. The first-order valence-corrected chi connectivity index (χ1v) is 19.5. The van der Waals surface area contributed by atoms with E-state index in [2.05, 4.69) is 48.6 Å². The van der Waals surface area contributed by atoms with Gasteiger partial charge in [0.05, 0.1) is 24.2 Å². The van der Waals surface area contributed by atoms with E-state index in [1.54, 1.807) is 37.6 Å². The number of amides is 3. The number of methoxy groups -OCH3 is 1. The lowest BCUT2D eigenvalue weighted by molar-refractivity contribution is 0.0131. The molecule has 3 aromatic rings. The highest BCUT2D eigenvalue weighted by Crippen LogP contribution is 2.47. The summed E-state index contributed by atoms with van der Waals surface area (Å²) in [6.07, 6.45) is 11.4. The van der Waals surface area contributed by atoms with Crippen LogP contribution >= 0.6 is 11.6 Å². The fourth-order valence-electron chi connectivity index (χ4n) is 8.09. The van der Waals surface area contributed by atoms with Gasteiger partial charge in [-0.25, -0.2) is 18.7 Å². The normalized spacial score (nSPS) is 30.0. The largest absolute Gasteiger partial charge is 0.490 e. The van der Waals surface area contributed by atoms with Gasteiger partial charge in [0.25, 0.3) is 5.91 Å². The Morgan fingerprint density at radius 3 is 2.82 bits per heavy atom. The maximum Gasteiger partial charge on any atom is 0.332 e. The van der Waals surface area contributed by atoms with Crippen molar-refractivity contribution in [2.75, 3.05) is 42.8 Å². The number of aryl methyl sites for hydroxylation is 1. The number of ether oxygens (including phenoxy) is 2. The number of pyridine rings is 1. The predicted octanol–water partition coefficient (Wildman–Crippen LogP) is 7.19. The van der Waals surface area contributed by atoms with E-state index in [0.29, 0.717) is 37.2 Å². The Morgan fingerprint density at radius 1 is 1.16 bits per heavy atom. The molecule has 1 spiro atoms. The molecule has 10 nitrogen and oxygen atoms in total. The van der Waals surface area contributed by atoms with Crippen molar-refractivity contribution in [1.82, 2.24) is 9.71 Å². The van der Waals surface area contributed by atoms with Gasteiger partial charge in [-0.05, 0) is 110 Å². The van der Waals surface area contributed by atoms with Crippen LogP contribution in [0, 0.1) is 17.8 Å². The Kier molecular flexibility index (Phi) is 9.91. The number of rotatable bonds is 3. The van der Waals surface area contributed by atoms with E-state index in [1.807, 2.05) is 25.1 Å². The molecule has 2 bridgehead atoms. The number of nitrogens with zero attached hydrogens (tertiary/aromatic N) is 3. The zero-order valence-corrected chi connectivity index (χ0v) is 30.1. The van der Waals surface area contributed by atoms with Gasteiger partial charge in [0.2, 0.25) is 0 Å². The molecule has 3 amide bonds. The molecule has 3 heterocycles. The Labute approximate surface area is 299 Å². The topological polar surface area (TPSA) is 122 Å². The molecule has 2 N–H and O–H groups in total. The lowest BCUT2D eigenvalue weighted by atomic mass is 9.68. The van der Waals surface area contributed by atoms with E-state index >= 15 is 0 Å². The van der Waals surface area contributed by atoms with Crippen LogP contribution < -0.4 is 19.7 Å². The average Bonchev–Trinajstić information content (AvgIpc) is 3.22. The molecule has 0 radical (unpaired) electrons. The minimum Gasteiger partial charge on any atom is -0.490 e. The Balaban J connectivity index is 1.28. The zero-order valence-electron chi connectivity index (χ0n) is 28.5. The first kappa shape index (κ1) is 34.5. The Morgan fingerprint density at radius 2 is 2.04 bits per heavy atom. The molecule has 1 aromatic heterocycles. The number of hydrogen-bond acceptors (Lipinski definition) is 7. The van der Waals surface area contributed by atoms with E-state index in [1.165, 1.54) is 11.1 Å². The van der Waals surface area contributed by atoms with Crippen LogP contribution in [-0.2, 0) is 26.5 Å². The van der Waals surface area contributed by atoms with Gasteiger partial charge in [-0.2, -0.15) is 0 Å². The molecule has 2 aliphatic heterocycles. The zero-order chi connectivity index (χ0) is 34.9. The molecule has 4 aliphatic rings. The second-order valence-electron chi connectivity index (χ2n) is 14.2. The highest BCUT2D eigenvalue weighted by molar-refractivity contribution is 7.92. The quantitative estimate of drug-likeness (QED) is 0.275. The highest BCUT2D eigenvalue weighted by Gasteiger charge is 2.44. The van der Waals surface area contributed by atoms with Gasteiger partial charge >= 0.3 is 6.03 Å². The molecule has 12 heteroatoms. The van der Waals surface area contributed by atoms with Gasteiger partial charge < -0.3 is 14.4 Å². The van der Waals surface area contributed by atoms with Crippen LogP contribution in [0.5, 0.6) is 5.75 Å². The number of halogens is 1.